The third kappa shape index (κ3) is 5.45. The highest BCUT2D eigenvalue weighted by molar-refractivity contribution is 5.88. The van der Waals surface area contributed by atoms with Crippen molar-refractivity contribution in [3.8, 4) is 5.75 Å². The zero-order valence-corrected chi connectivity index (χ0v) is 16.1. The minimum Gasteiger partial charge on any atom is -0.507 e. The summed E-state index contributed by atoms with van der Waals surface area (Å²) in [6.45, 7) is 9.66. The molecule has 0 heterocycles. The Balaban J connectivity index is 2.03. The van der Waals surface area contributed by atoms with Crippen molar-refractivity contribution in [1.29, 1.82) is 0 Å². The number of hydrazone groups is 1. The second kappa shape index (κ2) is 9.57. The van der Waals surface area contributed by atoms with Gasteiger partial charge in [-0.25, -0.2) is 5.43 Å². The summed E-state index contributed by atoms with van der Waals surface area (Å²) in [4.78, 5) is 12.4. The fourth-order valence-corrected chi connectivity index (χ4v) is 2.80. The van der Waals surface area contributed by atoms with E-state index in [1.54, 1.807) is 12.1 Å². The number of nitrogens with one attached hydrogen (secondary N) is 2. The van der Waals surface area contributed by atoms with E-state index < -0.39 is 6.04 Å². The molecule has 142 valence electrons. The molecular weight excluding hydrogens is 338 g/mol. The van der Waals surface area contributed by atoms with Crippen LogP contribution in [0.2, 0.25) is 0 Å². The normalized spacial score (nSPS) is 12.0. The van der Waals surface area contributed by atoms with Gasteiger partial charge in [-0.05, 0) is 49.9 Å². The van der Waals surface area contributed by atoms with Gasteiger partial charge in [-0.15, -0.1) is 6.58 Å². The fourth-order valence-electron chi connectivity index (χ4n) is 2.80. The standard InChI is InChI=1S/C22H27N3O2/c1-5-8-17-9-7-10-18(21(17)26)14-23-25-22(27)19(6-2)24-20-12-11-15(3)13-16(20)4/h5,7,9-14,19,24,26H,1,6,8H2,2-4H3,(H,25,27)/t19-/m1/s1. The number of aromatic hydroxyl groups is 1. The average molecular weight is 365 g/mol. The van der Waals surface area contributed by atoms with Crippen molar-refractivity contribution >= 4 is 17.8 Å². The van der Waals surface area contributed by atoms with Crippen LogP contribution in [0.25, 0.3) is 0 Å². The van der Waals surface area contributed by atoms with Crippen molar-refractivity contribution in [1.82, 2.24) is 5.43 Å². The van der Waals surface area contributed by atoms with Crippen LogP contribution in [-0.4, -0.2) is 23.3 Å². The maximum absolute atomic E-state index is 12.4. The van der Waals surface area contributed by atoms with E-state index in [1.807, 2.05) is 45.0 Å². The van der Waals surface area contributed by atoms with Crippen molar-refractivity contribution in [2.75, 3.05) is 5.32 Å². The molecule has 1 amide bonds. The summed E-state index contributed by atoms with van der Waals surface area (Å²) in [5.74, 6) is -0.0775. The van der Waals surface area contributed by atoms with E-state index in [2.05, 4.69) is 28.5 Å². The zero-order chi connectivity index (χ0) is 19.8. The summed E-state index contributed by atoms with van der Waals surface area (Å²) >= 11 is 0. The molecule has 1 atom stereocenters. The van der Waals surface area contributed by atoms with Crippen LogP contribution in [0.4, 0.5) is 5.69 Å². The van der Waals surface area contributed by atoms with Gasteiger partial charge in [0.05, 0.1) is 6.21 Å². The second-order valence-electron chi connectivity index (χ2n) is 6.51. The maximum atomic E-state index is 12.4. The molecule has 0 bridgehead atoms. The van der Waals surface area contributed by atoms with Crippen LogP contribution in [0.1, 0.15) is 35.6 Å². The minimum atomic E-state index is -0.399. The van der Waals surface area contributed by atoms with Gasteiger partial charge in [-0.3, -0.25) is 4.79 Å². The third-order valence-corrected chi connectivity index (χ3v) is 4.33. The molecule has 2 rings (SSSR count). The minimum absolute atomic E-state index is 0.149. The van der Waals surface area contributed by atoms with E-state index in [0.29, 0.717) is 18.4 Å². The summed E-state index contributed by atoms with van der Waals surface area (Å²) in [5.41, 5.74) is 7.06. The largest absolute Gasteiger partial charge is 0.507 e. The Morgan fingerprint density at radius 2 is 2.07 bits per heavy atom. The lowest BCUT2D eigenvalue weighted by Crippen LogP contribution is -2.37. The number of anilines is 1. The Hall–Kier alpha value is -3.08. The van der Waals surface area contributed by atoms with Crippen molar-refractivity contribution in [3.63, 3.8) is 0 Å². The van der Waals surface area contributed by atoms with Gasteiger partial charge in [0.25, 0.3) is 5.91 Å². The Labute approximate surface area is 160 Å². The van der Waals surface area contributed by atoms with Crippen LogP contribution in [0.15, 0.2) is 54.2 Å². The van der Waals surface area contributed by atoms with Gasteiger partial charge in [0.15, 0.2) is 0 Å². The number of para-hydroxylation sites is 1. The molecule has 0 aliphatic rings. The third-order valence-electron chi connectivity index (χ3n) is 4.33. The van der Waals surface area contributed by atoms with Crippen LogP contribution in [-0.2, 0) is 11.2 Å². The van der Waals surface area contributed by atoms with Gasteiger partial charge in [0, 0.05) is 11.3 Å². The summed E-state index contributed by atoms with van der Waals surface area (Å²) in [6.07, 6.45) is 4.36. The van der Waals surface area contributed by atoms with Crippen LogP contribution in [0.5, 0.6) is 5.75 Å². The highest BCUT2D eigenvalue weighted by atomic mass is 16.3. The van der Waals surface area contributed by atoms with Crippen molar-refractivity contribution < 1.29 is 9.90 Å². The molecule has 0 aliphatic carbocycles. The van der Waals surface area contributed by atoms with Gasteiger partial charge in [0.2, 0.25) is 0 Å². The lowest BCUT2D eigenvalue weighted by atomic mass is 10.1. The molecule has 0 aromatic heterocycles. The number of amides is 1. The molecule has 0 saturated carbocycles. The number of aryl methyl sites for hydroxylation is 2. The predicted octanol–water partition coefficient (Wildman–Crippen LogP) is 4.08. The Morgan fingerprint density at radius 3 is 2.74 bits per heavy atom. The molecule has 3 N–H and O–H groups in total. The molecule has 0 spiro atoms. The van der Waals surface area contributed by atoms with Gasteiger partial charge in [0.1, 0.15) is 11.8 Å². The van der Waals surface area contributed by atoms with E-state index >= 15 is 0 Å². The molecule has 2 aromatic carbocycles. The summed E-state index contributed by atoms with van der Waals surface area (Å²) < 4.78 is 0. The van der Waals surface area contributed by atoms with Gasteiger partial charge < -0.3 is 10.4 Å². The SMILES string of the molecule is C=CCc1cccc(C=NNC(=O)[C@@H](CC)Nc2ccc(C)cc2C)c1O. The first-order valence-electron chi connectivity index (χ1n) is 9.04. The molecule has 2 aromatic rings. The topological polar surface area (TPSA) is 73.7 Å². The lowest BCUT2D eigenvalue weighted by molar-refractivity contribution is -0.121. The summed E-state index contributed by atoms with van der Waals surface area (Å²) in [7, 11) is 0. The zero-order valence-electron chi connectivity index (χ0n) is 16.1. The smallest absolute Gasteiger partial charge is 0.262 e. The first-order valence-corrected chi connectivity index (χ1v) is 9.04. The van der Waals surface area contributed by atoms with Gasteiger partial charge >= 0.3 is 0 Å². The first kappa shape index (κ1) is 20.2. The van der Waals surface area contributed by atoms with E-state index in [9.17, 15) is 9.90 Å². The van der Waals surface area contributed by atoms with E-state index in [0.717, 1.165) is 16.8 Å². The van der Waals surface area contributed by atoms with Crippen molar-refractivity contribution in [3.05, 3.63) is 71.3 Å². The van der Waals surface area contributed by atoms with Crippen molar-refractivity contribution in [2.24, 2.45) is 5.10 Å². The number of nitrogens with zero attached hydrogens (tertiary/aromatic N) is 1. The molecule has 0 radical (unpaired) electrons. The molecule has 0 aliphatic heterocycles. The number of carbonyl (C=O) groups is 1. The summed E-state index contributed by atoms with van der Waals surface area (Å²) in [5, 5.41) is 17.5. The second-order valence-corrected chi connectivity index (χ2v) is 6.51. The first-order chi connectivity index (χ1) is 13.0. The predicted molar refractivity (Wildman–Crippen MR) is 111 cm³/mol. The number of hydrogen-bond acceptors (Lipinski definition) is 4. The lowest BCUT2D eigenvalue weighted by Gasteiger charge is -2.18. The highest BCUT2D eigenvalue weighted by Crippen LogP contribution is 2.21. The van der Waals surface area contributed by atoms with Crippen LogP contribution < -0.4 is 10.7 Å². The molecule has 5 heteroatoms. The molecule has 0 fully saturated rings. The molecule has 27 heavy (non-hydrogen) atoms. The Morgan fingerprint density at radius 1 is 1.30 bits per heavy atom. The average Bonchev–Trinajstić information content (AvgIpc) is 2.64. The molecule has 5 nitrogen and oxygen atoms in total. The van der Waals surface area contributed by atoms with Gasteiger partial charge in [-0.1, -0.05) is 42.8 Å². The van der Waals surface area contributed by atoms with Gasteiger partial charge in [-0.2, -0.15) is 5.10 Å². The number of rotatable bonds is 8. The Bertz CT molecular complexity index is 843. The van der Waals surface area contributed by atoms with Crippen LogP contribution >= 0.6 is 0 Å². The molecule has 0 saturated heterocycles. The number of carbonyl (C=O) groups excluding carboxylic acids is 1. The number of allylic oxidation sites excluding steroid dienone is 1. The highest BCUT2D eigenvalue weighted by Gasteiger charge is 2.16. The van der Waals surface area contributed by atoms with Crippen LogP contribution in [0.3, 0.4) is 0 Å². The maximum Gasteiger partial charge on any atom is 0.262 e. The van der Waals surface area contributed by atoms with E-state index in [-0.39, 0.29) is 11.7 Å². The quantitative estimate of drug-likeness (QED) is 0.375. The monoisotopic (exact) mass is 365 g/mol. The number of phenols is 1. The Kier molecular flexibility index (Phi) is 7.17. The number of phenolic OH excluding ortho intramolecular Hbond substituents is 1. The van der Waals surface area contributed by atoms with E-state index in [1.165, 1.54) is 11.8 Å². The number of hydrogen-bond donors (Lipinski definition) is 3. The summed E-state index contributed by atoms with van der Waals surface area (Å²) in [6, 6.07) is 11.1. The van der Waals surface area contributed by atoms with Crippen molar-refractivity contribution in [2.45, 2.75) is 39.7 Å². The fraction of sp³-hybridized carbons (Fsp3) is 0.273. The molecular formula is C22H27N3O2. The number of benzene rings is 2. The van der Waals surface area contributed by atoms with Crippen LogP contribution in [0, 0.1) is 13.8 Å². The van der Waals surface area contributed by atoms with E-state index in [4.69, 9.17) is 0 Å². The molecule has 0 unspecified atom stereocenters.